The number of hydrogen-bond donors (Lipinski definition) is 2. The minimum absolute atomic E-state index is 0.249. The Balaban J connectivity index is 1.59. The predicted molar refractivity (Wildman–Crippen MR) is 95.5 cm³/mol. The van der Waals surface area contributed by atoms with Crippen molar-refractivity contribution in [3.8, 4) is 0 Å². The van der Waals surface area contributed by atoms with Crippen molar-refractivity contribution < 1.29 is 9.59 Å². The van der Waals surface area contributed by atoms with Crippen LogP contribution in [-0.4, -0.2) is 40.1 Å². The molecule has 8 nitrogen and oxygen atoms in total. The number of primary amides is 1. The van der Waals surface area contributed by atoms with E-state index in [-0.39, 0.29) is 11.8 Å². The van der Waals surface area contributed by atoms with Gasteiger partial charge in [-0.1, -0.05) is 11.3 Å². The van der Waals surface area contributed by atoms with Crippen LogP contribution in [0.1, 0.15) is 36.0 Å². The lowest BCUT2D eigenvalue weighted by atomic mass is 9.93. The molecule has 1 aliphatic rings. The topological polar surface area (TPSA) is 114 Å². The molecular formula is C16H20N6O2S. The molecule has 1 aliphatic heterocycles. The molecule has 0 aromatic carbocycles. The van der Waals surface area contributed by atoms with E-state index in [1.54, 1.807) is 17.8 Å². The number of amides is 2. The second kappa shape index (κ2) is 8.02. The maximum atomic E-state index is 12.1. The molecule has 1 fully saturated rings. The van der Waals surface area contributed by atoms with Crippen LogP contribution in [-0.2, 0) is 4.79 Å². The van der Waals surface area contributed by atoms with E-state index in [0.29, 0.717) is 23.0 Å². The van der Waals surface area contributed by atoms with Crippen molar-refractivity contribution in [2.75, 3.05) is 23.3 Å². The number of carbonyl (C=O) groups excluding carboxylic acids is 2. The van der Waals surface area contributed by atoms with Crippen LogP contribution in [0.4, 0.5) is 10.9 Å². The molecule has 1 unspecified atom stereocenters. The Morgan fingerprint density at radius 1 is 1.40 bits per heavy atom. The van der Waals surface area contributed by atoms with Crippen LogP contribution >= 0.6 is 11.3 Å². The van der Waals surface area contributed by atoms with Gasteiger partial charge in [0.1, 0.15) is 11.3 Å². The zero-order chi connectivity index (χ0) is 17.6. The SMILES string of the molecule is NC(=O)CCC1CCCN(c2ccc(C(=O)Nc3nncs3)cn2)C1. The van der Waals surface area contributed by atoms with Gasteiger partial charge in [-0.05, 0) is 37.3 Å². The number of carbonyl (C=O) groups is 2. The highest BCUT2D eigenvalue weighted by Crippen LogP contribution is 2.24. The van der Waals surface area contributed by atoms with Crippen LogP contribution in [0.25, 0.3) is 0 Å². The Morgan fingerprint density at radius 2 is 2.28 bits per heavy atom. The number of nitrogens with zero attached hydrogens (tertiary/aromatic N) is 4. The number of rotatable bonds is 6. The van der Waals surface area contributed by atoms with E-state index in [2.05, 4.69) is 25.4 Å². The highest BCUT2D eigenvalue weighted by molar-refractivity contribution is 7.13. The minimum atomic E-state index is -0.256. The van der Waals surface area contributed by atoms with E-state index in [4.69, 9.17) is 5.73 Å². The van der Waals surface area contributed by atoms with Crippen LogP contribution in [0.3, 0.4) is 0 Å². The third-order valence-corrected chi connectivity index (χ3v) is 4.84. The average molecular weight is 360 g/mol. The maximum absolute atomic E-state index is 12.1. The van der Waals surface area contributed by atoms with Gasteiger partial charge in [-0.3, -0.25) is 14.9 Å². The predicted octanol–water partition coefficient (Wildman–Crippen LogP) is 1.67. The third kappa shape index (κ3) is 4.72. The molecule has 3 rings (SSSR count). The maximum Gasteiger partial charge on any atom is 0.259 e. The van der Waals surface area contributed by atoms with Gasteiger partial charge in [0.25, 0.3) is 5.91 Å². The molecule has 1 saturated heterocycles. The monoisotopic (exact) mass is 360 g/mol. The number of anilines is 2. The molecule has 9 heteroatoms. The lowest BCUT2D eigenvalue weighted by Gasteiger charge is -2.33. The van der Waals surface area contributed by atoms with Gasteiger partial charge < -0.3 is 10.6 Å². The Bertz CT molecular complexity index is 719. The van der Waals surface area contributed by atoms with Gasteiger partial charge in [-0.15, -0.1) is 10.2 Å². The van der Waals surface area contributed by atoms with E-state index in [9.17, 15) is 9.59 Å². The highest BCUT2D eigenvalue weighted by Gasteiger charge is 2.21. The second-order valence-electron chi connectivity index (χ2n) is 6.06. The normalized spacial score (nSPS) is 17.3. The lowest BCUT2D eigenvalue weighted by molar-refractivity contribution is -0.118. The van der Waals surface area contributed by atoms with E-state index < -0.39 is 0 Å². The van der Waals surface area contributed by atoms with E-state index in [1.165, 1.54) is 11.3 Å². The largest absolute Gasteiger partial charge is 0.370 e. The van der Waals surface area contributed by atoms with Gasteiger partial charge in [0.15, 0.2) is 0 Å². The van der Waals surface area contributed by atoms with E-state index >= 15 is 0 Å². The van der Waals surface area contributed by atoms with Crippen molar-refractivity contribution >= 4 is 34.1 Å². The number of piperidine rings is 1. The Labute approximate surface area is 149 Å². The minimum Gasteiger partial charge on any atom is -0.370 e. The molecule has 0 radical (unpaired) electrons. The summed E-state index contributed by atoms with van der Waals surface area (Å²) in [5, 5.41) is 10.6. The Hall–Kier alpha value is -2.55. The molecule has 2 amide bonds. The van der Waals surface area contributed by atoms with E-state index in [0.717, 1.165) is 38.2 Å². The summed E-state index contributed by atoms with van der Waals surface area (Å²) in [6.07, 6.45) is 4.97. The summed E-state index contributed by atoms with van der Waals surface area (Å²) in [7, 11) is 0. The quantitative estimate of drug-likeness (QED) is 0.810. The zero-order valence-electron chi connectivity index (χ0n) is 13.7. The first-order valence-electron chi connectivity index (χ1n) is 8.18. The summed E-state index contributed by atoms with van der Waals surface area (Å²) < 4.78 is 0. The van der Waals surface area contributed by atoms with Crippen LogP contribution in [0.15, 0.2) is 23.8 Å². The summed E-state index contributed by atoms with van der Waals surface area (Å²) >= 11 is 1.26. The molecule has 0 saturated carbocycles. The summed E-state index contributed by atoms with van der Waals surface area (Å²) in [6, 6.07) is 3.61. The first-order valence-corrected chi connectivity index (χ1v) is 9.06. The number of pyridine rings is 1. The fourth-order valence-electron chi connectivity index (χ4n) is 2.96. The molecule has 132 valence electrons. The van der Waals surface area contributed by atoms with Gasteiger partial charge in [-0.25, -0.2) is 4.98 Å². The molecule has 0 bridgehead atoms. The molecule has 3 N–H and O–H groups in total. The van der Waals surface area contributed by atoms with Crippen LogP contribution in [0, 0.1) is 5.92 Å². The van der Waals surface area contributed by atoms with Crippen molar-refractivity contribution in [2.45, 2.75) is 25.7 Å². The van der Waals surface area contributed by atoms with Crippen molar-refractivity contribution in [2.24, 2.45) is 11.7 Å². The Kier molecular flexibility index (Phi) is 5.54. The molecule has 3 heterocycles. The smallest absolute Gasteiger partial charge is 0.259 e. The fraction of sp³-hybridized carbons (Fsp3) is 0.438. The van der Waals surface area contributed by atoms with Crippen molar-refractivity contribution in [1.82, 2.24) is 15.2 Å². The van der Waals surface area contributed by atoms with Crippen molar-refractivity contribution in [3.63, 3.8) is 0 Å². The molecule has 2 aromatic rings. The Morgan fingerprint density at radius 3 is 2.96 bits per heavy atom. The summed E-state index contributed by atoms with van der Waals surface area (Å²) in [4.78, 5) is 29.7. The number of hydrogen-bond acceptors (Lipinski definition) is 7. The average Bonchev–Trinajstić information content (AvgIpc) is 3.13. The standard InChI is InChI=1S/C16H20N6O2S/c17-13(23)5-3-11-2-1-7-22(9-11)14-6-4-12(8-18-14)15(24)20-16-21-19-10-25-16/h4,6,8,10-11H,1-3,5,7,9H2,(H2,17,23)(H,20,21,24). The number of nitrogens with one attached hydrogen (secondary N) is 1. The first-order chi connectivity index (χ1) is 12.1. The van der Waals surface area contributed by atoms with Crippen molar-refractivity contribution in [1.29, 1.82) is 0 Å². The van der Waals surface area contributed by atoms with Crippen molar-refractivity contribution in [3.05, 3.63) is 29.4 Å². The van der Waals surface area contributed by atoms with Gasteiger partial charge >= 0.3 is 0 Å². The van der Waals surface area contributed by atoms with Crippen LogP contribution in [0.5, 0.6) is 0 Å². The van der Waals surface area contributed by atoms with E-state index in [1.807, 2.05) is 6.07 Å². The molecule has 0 spiro atoms. The fourth-order valence-corrected chi connectivity index (χ4v) is 3.40. The van der Waals surface area contributed by atoms with Crippen LogP contribution in [0.2, 0.25) is 0 Å². The summed E-state index contributed by atoms with van der Waals surface area (Å²) in [5.41, 5.74) is 7.27. The van der Waals surface area contributed by atoms with Gasteiger partial charge in [0.05, 0.1) is 5.56 Å². The van der Waals surface area contributed by atoms with Gasteiger partial charge in [0, 0.05) is 25.7 Å². The zero-order valence-corrected chi connectivity index (χ0v) is 14.5. The molecule has 2 aromatic heterocycles. The summed E-state index contributed by atoms with van der Waals surface area (Å²) in [6.45, 7) is 1.78. The molecule has 1 atom stereocenters. The molecular weight excluding hydrogens is 340 g/mol. The number of nitrogens with two attached hydrogens (primary N) is 1. The second-order valence-corrected chi connectivity index (χ2v) is 6.90. The molecule has 25 heavy (non-hydrogen) atoms. The van der Waals surface area contributed by atoms with Gasteiger partial charge in [0.2, 0.25) is 11.0 Å². The highest BCUT2D eigenvalue weighted by atomic mass is 32.1. The lowest BCUT2D eigenvalue weighted by Crippen LogP contribution is -2.36. The summed E-state index contributed by atoms with van der Waals surface area (Å²) in [5.74, 6) is 0.787. The third-order valence-electron chi connectivity index (χ3n) is 4.23. The van der Waals surface area contributed by atoms with Crippen LogP contribution < -0.4 is 16.0 Å². The molecule has 0 aliphatic carbocycles. The number of aromatic nitrogens is 3. The van der Waals surface area contributed by atoms with Gasteiger partial charge in [-0.2, -0.15) is 0 Å². The first kappa shape index (κ1) is 17.3.